The summed E-state index contributed by atoms with van der Waals surface area (Å²) >= 11 is 0. The third-order valence-electron chi connectivity index (χ3n) is 2.24. The lowest BCUT2D eigenvalue weighted by Gasteiger charge is -2.09. The molecule has 1 atom stereocenters. The second-order valence-corrected chi connectivity index (χ2v) is 3.58. The molecule has 0 saturated carbocycles. The summed E-state index contributed by atoms with van der Waals surface area (Å²) in [5.41, 5.74) is -2.33. The van der Waals surface area contributed by atoms with Crippen molar-refractivity contribution in [3.63, 3.8) is 0 Å². The van der Waals surface area contributed by atoms with Crippen LogP contribution in [-0.2, 0) is 4.79 Å². The monoisotopic (exact) mass is 290 g/mol. The molecule has 0 aliphatic heterocycles. The van der Waals surface area contributed by atoms with Crippen molar-refractivity contribution in [2.45, 2.75) is 6.10 Å². The molecule has 1 rings (SSSR count). The zero-order valence-corrected chi connectivity index (χ0v) is 9.67. The normalized spacial score (nSPS) is 11.8. The lowest BCUT2D eigenvalue weighted by Crippen LogP contribution is -2.37. The molecular weight excluding hydrogens is 282 g/mol. The van der Waals surface area contributed by atoms with Crippen LogP contribution < -0.4 is 5.32 Å². The van der Waals surface area contributed by atoms with Gasteiger partial charge in [0.05, 0.1) is 11.5 Å². The molecule has 108 valence electrons. The molecule has 0 spiro atoms. The fraction of sp³-hybridized carbons (Fsp3) is 0.200. The number of aliphatic carboxylic acids is 1. The lowest BCUT2D eigenvalue weighted by molar-refractivity contribution is -0.387. The molecule has 8 nitrogen and oxygen atoms in total. The predicted molar refractivity (Wildman–Crippen MR) is 59.0 cm³/mol. The fourth-order valence-corrected chi connectivity index (χ4v) is 1.26. The third kappa shape index (κ3) is 3.23. The highest BCUT2D eigenvalue weighted by molar-refractivity contribution is 5.95. The van der Waals surface area contributed by atoms with Crippen molar-refractivity contribution in [2.75, 3.05) is 6.54 Å². The number of benzene rings is 1. The van der Waals surface area contributed by atoms with Gasteiger partial charge in [0.2, 0.25) is 5.82 Å². The third-order valence-corrected chi connectivity index (χ3v) is 2.24. The van der Waals surface area contributed by atoms with Gasteiger partial charge < -0.3 is 15.5 Å². The smallest absolute Gasteiger partial charge is 0.334 e. The van der Waals surface area contributed by atoms with Gasteiger partial charge in [0.1, 0.15) is 11.4 Å². The number of rotatable bonds is 5. The van der Waals surface area contributed by atoms with Gasteiger partial charge in [-0.15, -0.1) is 0 Å². The van der Waals surface area contributed by atoms with Crippen LogP contribution in [0.4, 0.5) is 14.5 Å². The Kier molecular flexibility index (Phi) is 4.64. The summed E-state index contributed by atoms with van der Waals surface area (Å²) in [5.74, 6) is -6.10. The van der Waals surface area contributed by atoms with Gasteiger partial charge in [-0.3, -0.25) is 14.9 Å². The number of aliphatic hydroxyl groups is 1. The van der Waals surface area contributed by atoms with E-state index in [4.69, 9.17) is 10.2 Å². The largest absolute Gasteiger partial charge is 0.479 e. The summed E-state index contributed by atoms with van der Waals surface area (Å²) in [5, 5.41) is 29.5. The number of nitro groups is 1. The number of nitrogens with zero attached hydrogens (tertiary/aromatic N) is 1. The molecule has 0 fully saturated rings. The minimum atomic E-state index is -1.97. The Morgan fingerprint density at radius 2 is 2.00 bits per heavy atom. The SMILES string of the molecule is O=C(NC[C@H](O)C(=O)O)c1c(F)ccc([N+](=O)[O-])c1F. The zero-order chi connectivity index (χ0) is 15.4. The van der Waals surface area contributed by atoms with Gasteiger partial charge in [-0.25, -0.2) is 9.18 Å². The van der Waals surface area contributed by atoms with E-state index < -0.39 is 52.3 Å². The second-order valence-electron chi connectivity index (χ2n) is 3.58. The molecule has 0 radical (unpaired) electrons. The van der Waals surface area contributed by atoms with Crippen molar-refractivity contribution in [3.8, 4) is 0 Å². The van der Waals surface area contributed by atoms with E-state index in [1.165, 1.54) is 0 Å². The molecule has 3 N–H and O–H groups in total. The van der Waals surface area contributed by atoms with E-state index in [1.807, 2.05) is 0 Å². The van der Waals surface area contributed by atoms with Crippen molar-refractivity contribution >= 4 is 17.6 Å². The molecule has 1 aromatic carbocycles. The fourth-order valence-electron chi connectivity index (χ4n) is 1.26. The first-order chi connectivity index (χ1) is 9.25. The topological polar surface area (TPSA) is 130 Å². The summed E-state index contributed by atoms with van der Waals surface area (Å²) < 4.78 is 26.9. The highest BCUT2D eigenvalue weighted by Crippen LogP contribution is 2.22. The minimum Gasteiger partial charge on any atom is -0.479 e. The van der Waals surface area contributed by atoms with E-state index in [9.17, 15) is 28.5 Å². The Labute approximate surface area is 109 Å². The van der Waals surface area contributed by atoms with Crippen LogP contribution in [0.5, 0.6) is 0 Å². The maximum Gasteiger partial charge on any atom is 0.334 e. The first-order valence-electron chi connectivity index (χ1n) is 5.07. The average molecular weight is 290 g/mol. The van der Waals surface area contributed by atoms with Crippen LogP contribution in [0.15, 0.2) is 12.1 Å². The van der Waals surface area contributed by atoms with Gasteiger partial charge in [0.25, 0.3) is 5.91 Å². The summed E-state index contributed by atoms with van der Waals surface area (Å²) in [7, 11) is 0. The number of amides is 1. The first kappa shape index (κ1) is 15.4. The number of hydrogen-bond donors (Lipinski definition) is 3. The standard InChI is InChI=1S/C10H8F2N2O6/c11-4-1-2-5(14(19)20)8(12)7(4)9(16)13-3-6(15)10(17)18/h1-2,6,15H,3H2,(H,13,16)(H,17,18)/t6-/m0/s1. The summed E-state index contributed by atoms with van der Waals surface area (Å²) in [4.78, 5) is 31.1. The van der Waals surface area contributed by atoms with Gasteiger partial charge in [-0.2, -0.15) is 4.39 Å². The van der Waals surface area contributed by atoms with Crippen molar-refractivity contribution in [1.82, 2.24) is 5.32 Å². The van der Waals surface area contributed by atoms with Crippen LogP contribution in [-0.4, -0.2) is 39.7 Å². The van der Waals surface area contributed by atoms with Crippen LogP contribution in [0.2, 0.25) is 0 Å². The number of halogens is 2. The summed E-state index contributed by atoms with van der Waals surface area (Å²) in [6.07, 6.45) is -1.97. The first-order valence-corrected chi connectivity index (χ1v) is 5.07. The Balaban J connectivity index is 3.01. The zero-order valence-electron chi connectivity index (χ0n) is 9.67. The molecule has 0 aromatic heterocycles. The van der Waals surface area contributed by atoms with Crippen molar-refractivity contribution < 1.29 is 33.5 Å². The average Bonchev–Trinajstić information content (AvgIpc) is 2.35. The predicted octanol–water partition coefficient (Wildman–Crippen LogP) is 0.0483. The molecule has 1 amide bonds. The molecule has 0 saturated heterocycles. The van der Waals surface area contributed by atoms with E-state index in [2.05, 4.69) is 0 Å². The Morgan fingerprint density at radius 3 is 2.50 bits per heavy atom. The second kappa shape index (κ2) is 6.02. The Hall–Kier alpha value is -2.62. The molecule has 10 heteroatoms. The number of hydrogen-bond acceptors (Lipinski definition) is 5. The molecule has 0 aliphatic carbocycles. The number of carbonyl (C=O) groups excluding carboxylic acids is 1. The summed E-state index contributed by atoms with van der Waals surface area (Å²) in [6.45, 7) is -0.810. The van der Waals surface area contributed by atoms with Crippen LogP contribution in [0.3, 0.4) is 0 Å². The highest BCUT2D eigenvalue weighted by atomic mass is 19.1. The maximum atomic E-state index is 13.6. The number of nitrogens with one attached hydrogen (secondary N) is 1. The van der Waals surface area contributed by atoms with Gasteiger partial charge in [-0.05, 0) is 6.07 Å². The van der Waals surface area contributed by atoms with Crippen molar-refractivity contribution in [2.24, 2.45) is 0 Å². The Morgan fingerprint density at radius 1 is 1.40 bits per heavy atom. The van der Waals surface area contributed by atoms with Gasteiger partial charge in [0, 0.05) is 6.07 Å². The number of aliphatic hydroxyl groups excluding tert-OH is 1. The van der Waals surface area contributed by atoms with Crippen LogP contribution >= 0.6 is 0 Å². The molecule has 1 aromatic rings. The minimum absolute atomic E-state index is 0.531. The number of nitro benzene ring substituents is 1. The number of carbonyl (C=O) groups is 2. The van der Waals surface area contributed by atoms with E-state index >= 15 is 0 Å². The van der Waals surface area contributed by atoms with E-state index in [-0.39, 0.29) is 0 Å². The quantitative estimate of drug-likeness (QED) is 0.519. The molecule has 20 heavy (non-hydrogen) atoms. The Bertz CT molecular complexity index is 577. The van der Waals surface area contributed by atoms with Crippen LogP contribution in [0, 0.1) is 21.7 Å². The van der Waals surface area contributed by atoms with Crippen molar-refractivity contribution in [1.29, 1.82) is 0 Å². The summed E-state index contributed by atoms with van der Waals surface area (Å²) in [6, 6.07) is 1.08. The van der Waals surface area contributed by atoms with E-state index in [0.717, 1.165) is 0 Å². The maximum absolute atomic E-state index is 13.6. The molecule has 0 aliphatic rings. The van der Waals surface area contributed by atoms with Crippen LogP contribution in [0.25, 0.3) is 0 Å². The van der Waals surface area contributed by atoms with Gasteiger partial charge >= 0.3 is 11.7 Å². The molecular formula is C10H8F2N2O6. The van der Waals surface area contributed by atoms with Crippen LogP contribution in [0.1, 0.15) is 10.4 Å². The highest BCUT2D eigenvalue weighted by Gasteiger charge is 2.26. The van der Waals surface area contributed by atoms with Crippen molar-refractivity contribution in [3.05, 3.63) is 39.4 Å². The molecule has 0 heterocycles. The number of carboxylic acid groups (broad SMARTS) is 1. The van der Waals surface area contributed by atoms with E-state index in [0.29, 0.717) is 12.1 Å². The lowest BCUT2D eigenvalue weighted by atomic mass is 10.1. The molecule has 0 bridgehead atoms. The van der Waals surface area contributed by atoms with E-state index in [1.54, 1.807) is 5.32 Å². The number of carboxylic acids is 1. The molecule has 0 unspecified atom stereocenters. The van der Waals surface area contributed by atoms with Gasteiger partial charge in [0.15, 0.2) is 6.10 Å². The van der Waals surface area contributed by atoms with Gasteiger partial charge in [-0.1, -0.05) is 0 Å².